The van der Waals surface area contributed by atoms with Gasteiger partial charge in [-0.3, -0.25) is 4.79 Å². The van der Waals surface area contributed by atoms with Gasteiger partial charge in [0.05, 0.1) is 6.42 Å². The third-order valence-corrected chi connectivity index (χ3v) is 3.77. The van der Waals surface area contributed by atoms with Crippen LogP contribution in [-0.4, -0.2) is 40.6 Å². The first-order valence-corrected chi connectivity index (χ1v) is 7.48. The van der Waals surface area contributed by atoms with Crippen LogP contribution in [0.5, 0.6) is 0 Å². The number of hydrogen-bond donors (Lipinski definition) is 2. The third kappa shape index (κ3) is 5.61. The Kier molecular flexibility index (Phi) is 6.01. The van der Waals surface area contributed by atoms with Crippen molar-refractivity contribution in [2.24, 2.45) is 0 Å². The molecule has 6 heteroatoms. The highest BCUT2D eigenvalue weighted by Gasteiger charge is 2.26. The predicted molar refractivity (Wildman–Crippen MR) is 80.1 cm³/mol. The zero-order chi connectivity index (χ0) is 15.2. The Morgan fingerprint density at radius 1 is 1.40 bits per heavy atom. The van der Waals surface area contributed by atoms with Crippen molar-refractivity contribution in [1.82, 2.24) is 10.2 Å². The number of carbonyl (C=O) groups excluding carboxylic acids is 1. The summed E-state index contributed by atoms with van der Waals surface area (Å²) in [6.07, 6.45) is 0.746. The maximum atomic E-state index is 12.2. The van der Waals surface area contributed by atoms with E-state index in [0.717, 1.165) is 6.42 Å². The van der Waals surface area contributed by atoms with Crippen molar-refractivity contribution >= 4 is 23.3 Å². The number of thiophene rings is 1. The quantitative estimate of drug-likeness (QED) is 0.848. The van der Waals surface area contributed by atoms with Crippen LogP contribution in [0.2, 0.25) is 0 Å². The number of hydrogen-bond acceptors (Lipinski definition) is 3. The molecule has 0 aliphatic carbocycles. The lowest BCUT2D eigenvalue weighted by molar-refractivity contribution is -0.137. The maximum absolute atomic E-state index is 12.2. The van der Waals surface area contributed by atoms with E-state index in [-0.39, 0.29) is 19.0 Å². The van der Waals surface area contributed by atoms with Crippen LogP contribution in [0.1, 0.15) is 32.1 Å². The van der Waals surface area contributed by atoms with Gasteiger partial charge in [-0.25, -0.2) is 4.79 Å². The number of carbonyl (C=O) groups is 2. The summed E-state index contributed by atoms with van der Waals surface area (Å²) in [6, 6.07) is 3.80. The van der Waals surface area contributed by atoms with E-state index in [1.165, 1.54) is 4.88 Å². The van der Waals surface area contributed by atoms with E-state index in [4.69, 9.17) is 5.11 Å². The molecule has 1 aromatic rings. The number of aliphatic carboxylic acids is 1. The van der Waals surface area contributed by atoms with Gasteiger partial charge >= 0.3 is 12.0 Å². The molecule has 1 aromatic heterocycles. The molecule has 2 N–H and O–H groups in total. The Balaban J connectivity index is 2.48. The van der Waals surface area contributed by atoms with Crippen LogP contribution in [0.15, 0.2) is 17.5 Å². The molecule has 0 saturated carbocycles. The largest absolute Gasteiger partial charge is 0.481 e. The second-order valence-corrected chi connectivity index (χ2v) is 6.56. The van der Waals surface area contributed by atoms with Crippen LogP contribution < -0.4 is 5.32 Å². The molecule has 2 amide bonds. The van der Waals surface area contributed by atoms with Crippen molar-refractivity contribution in [3.05, 3.63) is 22.4 Å². The predicted octanol–water partition coefficient (Wildman–Crippen LogP) is 2.58. The van der Waals surface area contributed by atoms with E-state index in [2.05, 4.69) is 5.32 Å². The molecule has 5 nitrogen and oxygen atoms in total. The van der Waals surface area contributed by atoms with Gasteiger partial charge in [0.25, 0.3) is 0 Å². The molecular formula is C14H22N2O3S. The molecule has 0 radical (unpaired) electrons. The highest BCUT2D eigenvalue weighted by molar-refractivity contribution is 7.09. The Labute approximate surface area is 123 Å². The fraction of sp³-hybridized carbons (Fsp3) is 0.571. The lowest BCUT2D eigenvalue weighted by Gasteiger charge is -2.35. The smallest absolute Gasteiger partial charge is 0.317 e. The SMILES string of the molecule is CC(C)(C)N(CCC(=O)O)C(=O)NCCc1cccs1. The normalized spacial score (nSPS) is 11.2. The van der Waals surface area contributed by atoms with Crippen molar-refractivity contribution < 1.29 is 14.7 Å². The van der Waals surface area contributed by atoms with Gasteiger partial charge in [0.1, 0.15) is 0 Å². The molecule has 0 aliphatic heterocycles. The molecule has 0 bridgehead atoms. The standard InChI is InChI=1S/C14H22N2O3S/c1-14(2,3)16(9-7-12(17)18)13(19)15-8-6-11-5-4-10-20-11/h4-5,10H,6-9H2,1-3H3,(H,15,19)(H,17,18). The summed E-state index contributed by atoms with van der Waals surface area (Å²) in [5.74, 6) is -0.898. The monoisotopic (exact) mass is 298 g/mol. The Morgan fingerprint density at radius 3 is 2.60 bits per heavy atom. The van der Waals surface area contributed by atoms with Crippen LogP contribution in [0.4, 0.5) is 4.79 Å². The van der Waals surface area contributed by atoms with Gasteiger partial charge < -0.3 is 15.3 Å². The topological polar surface area (TPSA) is 69.6 Å². The minimum atomic E-state index is -0.898. The first-order chi connectivity index (χ1) is 9.30. The van der Waals surface area contributed by atoms with Gasteiger partial charge in [-0.2, -0.15) is 0 Å². The van der Waals surface area contributed by atoms with E-state index >= 15 is 0 Å². The zero-order valence-electron chi connectivity index (χ0n) is 12.2. The van der Waals surface area contributed by atoms with Crippen molar-refractivity contribution in [3.63, 3.8) is 0 Å². The van der Waals surface area contributed by atoms with Gasteiger partial charge in [0.2, 0.25) is 0 Å². The number of nitrogens with one attached hydrogen (secondary N) is 1. The van der Waals surface area contributed by atoms with Gasteiger partial charge in [-0.15, -0.1) is 11.3 Å². The summed E-state index contributed by atoms with van der Waals surface area (Å²) in [4.78, 5) is 25.6. The van der Waals surface area contributed by atoms with E-state index in [9.17, 15) is 9.59 Å². The minimum Gasteiger partial charge on any atom is -0.481 e. The number of carboxylic acid groups (broad SMARTS) is 1. The molecule has 0 atom stereocenters. The van der Waals surface area contributed by atoms with E-state index in [0.29, 0.717) is 6.54 Å². The van der Waals surface area contributed by atoms with Crippen LogP contribution in [0, 0.1) is 0 Å². The molecule has 0 aliphatic rings. The summed E-state index contributed by atoms with van der Waals surface area (Å²) in [7, 11) is 0. The molecule has 0 unspecified atom stereocenters. The van der Waals surface area contributed by atoms with E-state index in [1.807, 2.05) is 38.3 Å². The number of amides is 2. The van der Waals surface area contributed by atoms with Crippen molar-refractivity contribution in [2.45, 2.75) is 39.2 Å². The van der Waals surface area contributed by atoms with Crippen molar-refractivity contribution in [1.29, 1.82) is 0 Å². The average molecular weight is 298 g/mol. The van der Waals surface area contributed by atoms with E-state index in [1.54, 1.807) is 16.2 Å². The highest BCUT2D eigenvalue weighted by atomic mass is 32.1. The molecule has 20 heavy (non-hydrogen) atoms. The molecule has 0 spiro atoms. The lowest BCUT2D eigenvalue weighted by Crippen LogP contribution is -2.51. The van der Waals surface area contributed by atoms with Crippen LogP contribution in [0.3, 0.4) is 0 Å². The molecule has 0 fully saturated rings. The molecule has 1 heterocycles. The maximum Gasteiger partial charge on any atom is 0.317 e. The lowest BCUT2D eigenvalue weighted by atomic mass is 10.1. The molecule has 0 saturated heterocycles. The Bertz CT molecular complexity index is 438. The average Bonchev–Trinajstić information content (AvgIpc) is 2.79. The summed E-state index contributed by atoms with van der Waals surface area (Å²) >= 11 is 1.66. The molecule has 1 rings (SSSR count). The Hall–Kier alpha value is -1.56. The number of carboxylic acids is 1. The molecule has 0 aromatic carbocycles. The zero-order valence-corrected chi connectivity index (χ0v) is 13.0. The first-order valence-electron chi connectivity index (χ1n) is 6.60. The Morgan fingerprint density at radius 2 is 2.10 bits per heavy atom. The highest BCUT2D eigenvalue weighted by Crippen LogP contribution is 2.14. The number of urea groups is 1. The minimum absolute atomic E-state index is 0.0460. The number of rotatable bonds is 6. The van der Waals surface area contributed by atoms with Crippen molar-refractivity contribution in [3.8, 4) is 0 Å². The summed E-state index contributed by atoms with van der Waals surface area (Å²) < 4.78 is 0. The third-order valence-electron chi connectivity index (χ3n) is 2.83. The van der Waals surface area contributed by atoms with Crippen LogP contribution >= 0.6 is 11.3 Å². The summed E-state index contributed by atoms with van der Waals surface area (Å²) in [5, 5.41) is 13.6. The van der Waals surface area contributed by atoms with Gasteiger partial charge in [-0.1, -0.05) is 6.07 Å². The fourth-order valence-electron chi connectivity index (χ4n) is 1.79. The summed E-state index contributed by atoms with van der Waals surface area (Å²) in [6.45, 7) is 6.46. The molecule has 112 valence electrons. The van der Waals surface area contributed by atoms with Gasteiger partial charge in [0, 0.05) is 23.5 Å². The van der Waals surface area contributed by atoms with Gasteiger partial charge in [0.15, 0.2) is 0 Å². The second-order valence-electron chi connectivity index (χ2n) is 5.53. The van der Waals surface area contributed by atoms with E-state index < -0.39 is 11.5 Å². The van der Waals surface area contributed by atoms with Crippen molar-refractivity contribution in [2.75, 3.05) is 13.1 Å². The first kappa shape index (κ1) is 16.5. The van der Waals surface area contributed by atoms with Crippen LogP contribution in [-0.2, 0) is 11.2 Å². The summed E-state index contributed by atoms with van der Waals surface area (Å²) in [5.41, 5.74) is -0.400. The molecular weight excluding hydrogens is 276 g/mol. The van der Waals surface area contributed by atoms with Crippen LogP contribution in [0.25, 0.3) is 0 Å². The number of nitrogens with zero attached hydrogens (tertiary/aromatic N) is 1. The fourth-order valence-corrected chi connectivity index (χ4v) is 2.50. The second kappa shape index (κ2) is 7.28. The van der Waals surface area contributed by atoms with Gasteiger partial charge in [-0.05, 0) is 38.6 Å².